The fraction of sp³-hybridized carbons (Fsp3) is 0.400. The van der Waals surface area contributed by atoms with Crippen LogP contribution in [0.5, 0.6) is 0 Å². The van der Waals surface area contributed by atoms with Crippen LogP contribution in [0, 0.1) is 6.92 Å². The van der Waals surface area contributed by atoms with E-state index in [1.165, 1.54) is 5.56 Å². The van der Waals surface area contributed by atoms with Crippen LogP contribution in [0.3, 0.4) is 0 Å². The zero-order valence-corrected chi connectivity index (χ0v) is 21.6. The molecular weight excluding hydrogens is 488 g/mol. The Labute approximate surface area is 212 Å². The van der Waals surface area contributed by atoms with E-state index in [1.54, 1.807) is 12.5 Å². The van der Waals surface area contributed by atoms with Gasteiger partial charge in [0.1, 0.15) is 5.65 Å². The molecule has 1 unspecified atom stereocenters. The van der Waals surface area contributed by atoms with Gasteiger partial charge in [0.05, 0.1) is 11.0 Å². The molecule has 8 nitrogen and oxygen atoms in total. The van der Waals surface area contributed by atoms with E-state index in [-0.39, 0.29) is 12.8 Å². The van der Waals surface area contributed by atoms with Crippen molar-refractivity contribution in [1.29, 1.82) is 0 Å². The molecule has 1 aromatic carbocycles. The number of piperidine rings is 1. The lowest BCUT2D eigenvalue weighted by atomic mass is 10.1. The van der Waals surface area contributed by atoms with Crippen LogP contribution in [-0.2, 0) is 15.8 Å². The highest BCUT2D eigenvalue weighted by atomic mass is 32.2. The number of hydrogen-bond donors (Lipinski definition) is 2. The predicted molar refractivity (Wildman–Crippen MR) is 139 cm³/mol. The fourth-order valence-corrected chi connectivity index (χ4v) is 3.75. The predicted octanol–water partition coefficient (Wildman–Crippen LogP) is 3.11. The van der Waals surface area contributed by atoms with Crippen molar-refractivity contribution < 1.29 is 22.6 Å². The first-order valence-electron chi connectivity index (χ1n) is 11.4. The Morgan fingerprint density at radius 1 is 1.14 bits per heavy atom. The van der Waals surface area contributed by atoms with Crippen molar-refractivity contribution >= 4 is 34.7 Å². The lowest BCUT2D eigenvalue weighted by Crippen LogP contribution is -2.36. The topological polar surface area (TPSA) is 96.3 Å². The number of benzene rings is 1. The van der Waals surface area contributed by atoms with Gasteiger partial charge in [-0.3, -0.25) is 9.59 Å². The number of carbonyl (C=O) groups excluding carboxylic acids is 2. The summed E-state index contributed by atoms with van der Waals surface area (Å²) in [7, 11) is 0.895. The molecule has 0 aliphatic carbocycles. The minimum atomic E-state index is -2.38. The third kappa shape index (κ3) is 9.92. The van der Waals surface area contributed by atoms with Gasteiger partial charge in [-0.05, 0) is 43.8 Å². The van der Waals surface area contributed by atoms with Gasteiger partial charge >= 0.3 is 0 Å². The minimum Gasteiger partial charge on any atom is -0.357 e. The van der Waals surface area contributed by atoms with E-state index in [2.05, 4.69) is 34.1 Å². The molecule has 4 rings (SSSR count). The molecule has 0 bridgehead atoms. The maximum atomic E-state index is 12.4. The lowest BCUT2D eigenvalue weighted by molar-refractivity contribution is -0.109. The smallest absolute Gasteiger partial charge is 0.250 e. The van der Waals surface area contributed by atoms with E-state index >= 15 is 0 Å². The molecule has 1 atom stereocenters. The Balaban J connectivity index is 0.000000215. The van der Waals surface area contributed by atoms with Gasteiger partial charge < -0.3 is 14.8 Å². The summed E-state index contributed by atoms with van der Waals surface area (Å²) in [5, 5.41) is 3.40. The van der Waals surface area contributed by atoms with Crippen LogP contribution >= 0.6 is 0 Å². The van der Waals surface area contributed by atoms with Crippen LogP contribution in [0.25, 0.3) is 16.7 Å². The number of aromatic nitrogens is 2. The van der Waals surface area contributed by atoms with Crippen LogP contribution in [0.4, 0.5) is 8.78 Å². The Morgan fingerprint density at radius 3 is 2.44 bits per heavy atom. The summed E-state index contributed by atoms with van der Waals surface area (Å²) in [6, 6.07) is 12.1. The van der Waals surface area contributed by atoms with Crippen LogP contribution in [0.2, 0.25) is 0 Å². The third-order valence-electron chi connectivity index (χ3n) is 5.34. The van der Waals surface area contributed by atoms with Gasteiger partial charge in [0.2, 0.25) is 6.41 Å². The standard InChI is InChI=1S/C15H12N2O.C6H11F2N.C4H10N2O2S/c1-11-3-2-4-14(7-11)17-6-5-13-8-12(10-18)9-16-15(13)17;1-9-4-2-6(7,8)3-5-9;1-9(8)6-3-2-5-4-7/h2-10H,1H3;2-5H2,1H3;4,6H,2-3H2,1H3,(H,5,7). The minimum absolute atomic E-state index is 0.0312. The van der Waals surface area contributed by atoms with E-state index in [9.17, 15) is 22.6 Å². The number of nitrogens with one attached hydrogen (secondary N) is 2. The molecule has 2 aromatic heterocycles. The number of amides is 1. The molecule has 3 heterocycles. The molecule has 1 saturated heterocycles. The highest BCUT2D eigenvalue weighted by Gasteiger charge is 2.32. The summed E-state index contributed by atoms with van der Waals surface area (Å²) in [4.78, 5) is 26.6. The summed E-state index contributed by atoms with van der Waals surface area (Å²) in [5.74, 6) is -2.38. The normalized spacial score (nSPS) is 15.6. The van der Waals surface area contributed by atoms with Crippen LogP contribution in [0.1, 0.15) is 28.8 Å². The first kappa shape index (κ1) is 29.2. The lowest BCUT2D eigenvalue weighted by Gasteiger charge is -2.28. The first-order valence-corrected chi connectivity index (χ1v) is 13.0. The number of nitrogens with zero attached hydrogens (tertiary/aromatic N) is 3. The molecule has 36 heavy (non-hydrogen) atoms. The molecule has 0 radical (unpaired) electrons. The molecule has 196 valence electrons. The van der Waals surface area contributed by atoms with E-state index in [4.69, 9.17) is 0 Å². The molecule has 1 fully saturated rings. The highest BCUT2D eigenvalue weighted by molar-refractivity contribution is 7.82. The second kappa shape index (κ2) is 14.5. The van der Waals surface area contributed by atoms with Gasteiger partial charge in [0, 0.05) is 74.3 Å². The van der Waals surface area contributed by atoms with Crippen molar-refractivity contribution in [3.63, 3.8) is 0 Å². The highest BCUT2D eigenvalue weighted by Crippen LogP contribution is 2.26. The van der Waals surface area contributed by atoms with E-state index in [0.717, 1.165) is 23.0 Å². The average molecular weight is 522 g/mol. The van der Waals surface area contributed by atoms with Crippen molar-refractivity contribution in [3.8, 4) is 5.69 Å². The van der Waals surface area contributed by atoms with Crippen LogP contribution in [0.15, 0.2) is 48.8 Å². The zero-order chi connectivity index (χ0) is 26.6. The molecule has 3 aromatic rings. The van der Waals surface area contributed by atoms with Crippen molar-refractivity contribution in [2.24, 2.45) is 0 Å². The number of likely N-dealkylation sites (tertiary alicyclic amines) is 1. The van der Waals surface area contributed by atoms with Crippen molar-refractivity contribution in [3.05, 3.63) is 59.9 Å². The van der Waals surface area contributed by atoms with Gasteiger partial charge in [-0.2, -0.15) is 0 Å². The number of aryl methyl sites for hydroxylation is 1. The van der Waals surface area contributed by atoms with Crippen LogP contribution in [-0.4, -0.2) is 76.8 Å². The van der Waals surface area contributed by atoms with Crippen molar-refractivity contribution in [1.82, 2.24) is 24.5 Å². The quantitative estimate of drug-likeness (QED) is 0.368. The molecule has 0 saturated carbocycles. The van der Waals surface area contributed by atoms with Gasteiger partial charge in [-0.15, -0.1) is 0 Å². The number of halogens is 2. The Morgan fingerprint density at radius 2 is 1.86 bits per heavy atom. The summed E-state index contributed by atoms with van der Waals surface area (Å²) < 4.78 is 39.6. The number of rotatable bonds is 7. The Kier molecular flexibility index (Phi) is 11.8. The SMILES string of the molecule is CN1CCC(F)(F)CC1.CS(=O)NCCNC=O.Cc1cccc(-n2ccc3cc(C=O)cnc32)c1. The molecule has 11 heteroatoms. The zero-order valence-electron chi connectivity index (χ0n) is 20.7. The molecule has 1 aliphatic heterocycles. The van der Waals surface area contributed by atoms with Gasteiger partial charge in [0.15, 0.2) is 6.29 Å². The summed E-state index contributed by atoms with van der Waals surface area (Å²) in [6.07, 6.45) is 6.60. The molecule has 2 N–H and O–H groups in total. The number of pyridine rings is 1. The molecule has 1 amide bonds. The van der Waals surface area contributed by atoms with E-state index in [1.807, 2.05) is 47.0 Å². The fourth-order valence-electron chi connectivity index (χ4n) is 3.36. The Bertz CT molecular complexity index is 1150. The monoisotopic (exact) mass is 521 g/mol. The summed E-state index contributed by atoms with van der Waals surface area (Å²) in [6.45, 7) is 4.19. The number of alkyl halides is 2. The largest absolute Gasteiger partial charge is 0.357 e. The Hall–Kier alpha value is -3.02. The number of hydrogen-bond acceptors (Lipinski definition) is 5. The van der Waals surface area contributed by atoms with Gasteiger partial charge in [-0.1, -0.05) is 12.1 Å². The van der Waals surface area contributed by atoms with Crippen molar-refractivity contribution in [2.75, 3.05) is 39.5 Å². The first-order chi connectivity index (χ1) is 17.1. The van der Waals surface area contributed by atoms with Crippen LogP contribution < -0.4 is 10.0 Å². The number of aldehydes is 1. The van der Waals surface area contributed by atoms with E-state index in [0.29, 0.717) is 38.2 Å². The molecule has 1 aliphatic rings. The molecular formula is C25H33F2N5O3S. The van der Waals surface area contributed by atoms with Crippen molar-refractivity contribution in [2.45, 2.75) is 25.7 Å². The van der Waals surface area contributed by atoms with Gasteiger partial charge in [0.25, 0.3) is 5.92 Å². The summed E-state index contributed by atoms with van der Waals surface area (Å²) >= 11 is 0. The second-order valence-corrected chi connectivity index (χ2v) is 9.60. The summed E-state index contributed by atoms with van der Waals surface area (Å²) in [5.41, 5.74) is 3.76. The second-order valence-electron chi connectivity index (χ2n) is 8.40. The average Bonchev–Trinajstić information content (AvgIpc) is 3.28. The number of carbonyl (C=O) groups is 2. The maximum absolute atomic E-state index is 12.4. The maximum Gasteiger partial charge on any atom is 0.250 e. The number of fused-ring (bicyclic) bond motifs is 1. The van der Waals surface area contributed by atoms with E-state index < -0.39 is 16.9 Å². The van der Waals surface area contributed by atoms with Gasteiger partial charge in [-0.25, -0.2) is 22.7 Å². The molecule has 0 spiro atoms. The third-order valence-corrected chi connectivity index (χ3v) is 5.95.